The Balaban J connectivity index is 0.00000112. The van der Waals surface area contributed by atoms with Gasteiger partial charge in [-0.2, -0.15) is 0 Å². The van der Waals surface area contributed by atoms with E-state index in [1.807, 2.05) is 0 Å². The van der Waals surface area contributed by atoms with Crippen LogP contribution in [0.25, 0.3) is 0 Å². The zero-order valence-corrected chi connectivity index (χ0v) is 9.82. The summed E-state index contributed by atoms with van der Waals surface area (Å²) >= 11 is 5.79. The minimum absolute atomic E-state index is 0. The molecular formula is C11H14Cl2FN. The van der Waals surface area contributed by atoms with Crippen molar-refractivity contribution in [2.75, 3.05) is 0 Å². The van der Waals surface area contributed by atoms with Gasteiger partial charge < -0.3 is 5.73 Å². The Morgan fingerprint density at radius 2 is 2.13 bits per heavy atom. The van der Waals surface area contributed by atoms with Gasteiger partial charge >= 0.3 is 0 Å². The third-order valence-electron chi connectivity index (χ3n) is 2.64. The van der Waals surface area contributed by atoms with Crippen LogP contribution in [0.4, 0.5) is 4.39 Å². The van der Waals surface area contributed by atoms with Crippen molar-refractivity contribution < 1.29 is 4.39 Å². The number of rotatable bonds is 3. The van der Waals surface area contributed by atoms with E-state index in [2.05, 4.69) is 0 Å². The molecule has 0 heterocycles. The van der Waals surface area contributed by atoms with E-state index in [1.54, 1.807) is 12.1 Å². The molecule has 0 amide bonds. The molecule has 2 rings (SSSR count). The highest BCUT2D eigenvalue weighted by Crippen LogP contribution is 2.37. The summed E-state index contributed by atoms with van der Waals surface area (Å²) in [5, 5.41) is 0.549. The first kappa shape index (κ1) is 12.8. The molecule has 1 aromatic rings. The maximum atomic E-state index is 13.4. The van der Waals surface area contributed by atoms with Crippen molar-refractivity contribution in [3.8, 4) is 0 Å². The number of hydrogen-bond donors (Lipinski definition) is 1. The highest BCUT2D eigenvalue weighted by molar-refractivity contribution is 6.30. The Morgan fingerprint density at radius 3 is 2.73 bits per heavy atom. The zero-order valence-electron chi connectivity index (χ0n) is 8.25. The van der Waals surface area contributed by atoms with E-state index in [-0.39, 0.29) is 24.3 Å². The van der Waals surface area contributed by atoms with E-state index in [0.717, 1.165) is 6.42 Å². The van der Waals surface area contributed by atoms with Gasteiger partial charge in [0.05, 0.1) is 0 Å². The van der Waals surface area contributed by atoms with Crippen LogP contribution < -0.4 is 5.73 Å². The molecule has 0 radical (unpaired) electrons. The van der Waals surface area contributed by atoms with Crippen LogP contribution in [0.2, 0.25) is 5.02 Å². The Hall–Kier alpha value is -0.310. The van der Waals surface area contributed by atoms with Crippen LogP contribution in [-0.4, -0.2) is 0 Å². The fourth-order valence-corrected chi connectivity index (χ4v) is 1.82. The van der Waals surface area contributed by atoms with Gasteiger partial charge in [-0.25, -0.2) is 4.39 Å². The molecule has 1 aromatic carbocycles. The van der Waals surface area contributed by atoms with Crippen LogP contribution in [-0.2, 0) is 0 Å². The summed E-state index contributed by atoms with van der Waals surface area (Å²) in [7, 11) is 0. The molecule has 15 heavy (non-hydrogen) atoms. The lowest BCUT2D eigenvalue weighted by molar-refractivity contribution is 0.543. The third-order valence-corrected chi connectivity index (χ3v) is 2.88. The van der Waals surface area contributed by atoms with Crippen molar-refractivity contribution in [1.29, 1.82) is 0 Å². The van der Waals surface area contributed by atoms with Gasteiger partial charge in [0, 0.05) is 16.6 Å². The van der Waals surface area contributed by atoms with Crippen molar-refractivity contribution in [3.05, 3.63) is 34.6 Å². The van der Waals surface area contributed by atoms with Gasteiger partial charge in [0.25, 0.3) is 0 Å². The summed E-state index contributed by atoms with van der Waals surface area (Å²) in [6.45, 7) is 0. The number of nitrogens with two attached hydrogens (primary N) is 1. The van der Waals surface area contributed by atoms with Crippen molar-refractivity contribution in [3.63, 3.8) is 0 Å². The molecule has 1 aliphatic rings. The van der Waals surface area contributed by atoms with Crippen LogP contribution in [0.5, 0.6) is 0 Å². The topological polar surface area (TPSA) is 26.0 Å². The summed E-state index contributed by atoms with van der Waals surface area (Å²) in [5.74, 6) is 0.450. The molecule has 1 nitrogen and oxygen atoms in total. The van der Waals surface area contributed by atoms with E-state index < -0.39 is 0 Å². The summed E-state index contributed by atoms with van der Waals surface area (Å²) < 4.78 is 13.4. The minimum Gasteiger partial charge on any atom is -0.324 e. The predicted molar refractivity (Wildman–Crippen MR) is 62.9 cm³/mol. The SMILES string of the molecule is Cl.N[C@H](CC1CC1)c1cc(Cl)ccc1F. The fourth-order valence-electron chi connectivity index (χ4n) is 1.64. The van der Waals surface area contributed by atoms with Crippen LogP contribution in [0, 0.1) is 11.7 Å². The van der Waals surface area contributed by atoms with E-state index in [4.69, 9.17) is 17.3 Å². The fraction of sp³-hybridized carbons (Fsp3) is 0.455. The Kier molecular flexibility index (Phi) is 4.38. The Labute approximate surface area is 100 Å². The van der Waals surface area contributed by atoms with Gasteiger partial charge in [-0.15, -0.1) is 12.4 Å². The molecular weight excluding hydrogens is 236 g/mol. The van der Waals surface area contributed by atoms with Gasteiger partial charge in [0.1, 0.15) is 5.82 Å². The van der Waals surface area contributed by atoms with Crippen molar-refractivity contribution in [2.24, 2.45) is 11.7 Å². The molecule has 0 saturated heterocycles. The van der Waals surface area contributed by atoms with Crippen LogP contribution in [0.1, 0.15) is 30.9 Å². The standard InChI is InChI=1S/C11H13ClFN.ClH/c12-8-3-4-10(13)9(6-8)11(14)5-7-1-2-7;/h3-4,6-7,11H,1-2,5,14H2;1H/t11-;/m1./s1. The van der Waals surface area contributed by atoms with Gasteiger partial charge in [0.2, 0.25) is 0 Å². The second-order valence-electron chi connectivity index (χ2n) is 3.95. The first-order valence-electron chi connectivity index (χ1n) is 4.87. The molecule has 1 fully saturated rings. The lowest BCUT2D eigenvalue weighted by Gasteiger charge is -2.12. The summed E-state index contributed by atoms with van der Waals surface area (Å²) in [6.07, 6.45) is 3.34. The highest BCUT2D eigenvalue weighted by atomic mass is 35.5. The number of benzene rings is 1. The molecule has 2 N–H and O–H groups in total. The lowest BCUT2D eigenvalue weighted by Crippen LogP contribution is -2.12. The largest absolute Gasteiger partial charge is 0.324 e. The van der Waals surface area contributed by atoms with Gasteiger partial charge in [-0.05, 0) is 30.5 Å². The third kappa shape index (κ3) is 3.33. The van der Waals surface area contributed by atoms with E-state index in [9.17, 15) is 4.39 Å². The lowest BCUT2D eigenvalue weighted by atomic mass is 10.0. The monoisotopic (exact) mass is 249 g/mol. The molecule has 4 heteroatoms. The molecule has 0 unspecified atom stereocenters. The van der Waals surface area contributed by atoms with Crippen LogP contribution in [0.15, 0.2) is 18.2 Å². The Bertz CT molecular complexity index is 339. The molecule has 0 aliphatic heterocycles. The minimum atomic E-state index is -0.248. The highest BCUT2D eigenvalue weighted by Gasteiger charge is 2.25. The van der Waals surface area contributed by atoms with Crippen molar-refractivity contribution in [2.45, 2.75) is 25.3 Å². The smallest absolute Gasteiger partial charge is 0.128 e. The van der Waals surface area contributed by atoms with Crippen LogP contribution in [0.3, 0.4) is 0 Å². The first-order valence-corrected chi connectivity index (χ1v) is 5.25. The van der Waals surface area contributed by atoms with Crippen LogP contribution >= 0.6 is 24.0 Å². The quantitative estimate of drug-likeness (QED) is 0.869. The summed E-state index contributed by atoms with van der Waals surface area (Å²) in [5.41, 5.74) is 6.45. The molecule has 1 aliphatic carbocycles. The summed E-state index contributed by atoms with van der Waals surface area (Å²) in [6, 6.07) is 4.35. The molecule has 0 spiro atoms. The first-order chi connectivity index (χ1) is 6.66. The maximum Gasteiger partial charge on any atom is 0.128 e. The Morgan fingerprint density at radius 1 is 1.47 bits per heavy atom. The second-order valence-corrected chi connectivity index (χ2v) is 4.39. The molecule has 0 aromatic heterocycles. The van der Waals surface area contributed by atoms with Gasteiger partial charge in [-0.3, -0.25) is 0 Å². The molecule has 0 bridgehead atoms. The van der Waals surface area contributed by atoms with Crippen molar-refractivity contribution >= 4 is 24.0 Å². The number of hydrogen-bond acceptors (Lipinski definition) is 1. The van der Waals surface area contributed by atoms with E-state index in [0.29, 0.717) is 16.5 Å². The van der Waals surface area contributed by atoms with E-state index >= 15 is 0 Å². The van der Waals surface area contributed by atoms with E-state index in [1.165, 1.54) is 18.9 Å². The van der Waals surface area contributed by atoms with Gasteiger partial charge in [0.15, 0.2) is 0 Å². The zero-order chi connectivity index (χ0) is 10.1. The predicted octanol–water partition coefficient (Wildman–Crippen LogP) is 3.70. The average Bonchev–Trinajstić information content (AvgIpc) is 2.93. The summed E-state index contributed by atoms with van der Waals surface area (Å²) in [4.78, 5) is 0. The maximum absolute atomic E-state index is 13.4. The van der Waals surface area contributed by atoms with Crippen molar-refractivity contribution in [1.82, 2.24) is 0 Å². The molecule has 1 atom stereocenters. The molecule has 1 saturated carbocycles. The second kappa shape index (κ2) is 5.15. The normalized spacial score (nSPS) is 17.0. The molecule has 84 valence electrons. The average molecular weight is 250 g/mol. The van der Waals surface area contributed by atoms with Gasteiger partial charge in [-0.1, -0.05) is 24.4 Å². The number of halogens is 3.